The maximum absolute atomic E-state index is 12.5. The maximum Gasteiger partial charge on any atom is 0.255 e. The molecule has 0 spiro atoms. The van der Waals surface area contributed by atoms with Gasteiger partial charge < -0.3 is 20.5 Å². The smallest absolute Gasteiger partial charge is 0.255 e. The topological polar surface area (TPSA) is 73.6 Å². The van der Waals surface area contributed by atoms with Crippen molar-refractivity contribution in [3.63, 3.8) is 0 Å². The van der Waals surface area contributed by atoms with Gasteiger partial charge in [-0.05, 0) is 48.7 Å². The van der Waals surface area contributed by atoms with E-state index in [9.17, 15) is 4.79 Å². The Labute approximate surface area is 148 Å². The number of hydrogen-bond acceptors (Lipinski definition) is 4. The highest BCUT2D eigenvalue weighted by molar-refractivity contribution is 6.04. The molecular formula is C20H24N2O3. The molecule has 2 aromatic rings. The molecule has 5 nitrogen and oxygen atoms in total. The van der Waals surface area contributed by atoms with Crippen LogP contribution in [0.5, 0.6) is 11.5 Å². The van der Waals surface area contributed by atoms with Gasteiger partial charge in [0.2, 0.25) is 0 Å². The summed E-state index contributed by atoms with van der Waals surface area (Å²) in [5.41, 5.74) is 8.63. The summed E-state index contributed by atoms with van der Waals surface area (Å²) in [7, 11) is 3.11. The summed E-state index contributed by atoms with van der Waals surface area (Å²) in [6.07, 6.45) is 4.39. The summed E-state index contributed by atoms with van der Waals surface area (Å²) in [5.74, 6) is 0.919. The Kier molecular flexibility index (Phi) is 4.95. The Morgan fingerprint density at radius 3 is 2.24 bits per heavy atom. The number of rotatable bonds is 5. The lowest BCUT2D eigenvalue weighted by molar-refractivity contribution is 0.102. The third kappa shape index (κ3) is 3.61. The molecule has 0 aromatic heterocycles. The predicted molar refractivity (Wildman–Crippen MR) is 98.3 cm³/mol. The summed E-state index contributed by atoms with van der Waals surface area (Å²) >= 11 is 0. The summed E-state index contributed by atoms with van der Waals surface area (Å²) in [6.45, 7) is 0. The van der Waals surface area contributed by atoms with Crippen LogP contribution in [0, 0.1) is 0 Å². The maximum atomic E-state index is 12.5. The van der Waals surface area contributed by atoms with E-state index < -0.39 is 0 Å². The van der Waals surface area contributed by atoms with E-state index >= 15 is 0 Å². The van der Waals surface area contributed by atoms with E-state index in [1.54, 1.807) is 32.4 Å². The molecule has 25 heavy (non-hydrogen) atoms. The van der Waals surface area contributed by atoms with Crippen molar-refractivity contribution in [2.45, 2.75) is 31.2 Å². The SMILES string of the molecule is COc1ccc(C(=O)Nc2ccc(C3(N)CCCC3)cc2)cc1OC. The molecule has 0 radical (unpaired) electrons. The lowest BCUT2D eigenvalue weighted by Gasteiger charge is -2.24. The van der Waals surface area contributed by atoms with Gasteiger partial charge in [-0.3, -0.25) is 4.79 Å². The van der Waals surface area contributed by atoms with E-state index in [0.29, 0.717) is 17.1 Å². The molecule has 0 unspecified atom stereocenters. The van der Waals surface area contributed by atoms with Crippen molar-refractivity contribution >= 4 is 11.6 Å². The fraction of sp³-hybridized carbons (Fsp3) is 0.350. The van der Waals surface area contributed by atoms with Crippen LogP contribution >= 0.6 is 0 Å². The Hall–Kier alpha value is -2.53. The van der Waals surface area contributed by atoms with Gasteiger partial charge in [-0.1, -0.05) is 25.0 Å². The first-order valence-corrected chi connectivity index (χ1v) is 8.48. The molecule has 3 rings (SSSR count). The van der Waals surface area contributed by atoms with Crippen molar-refractivity contribution in [3.8, 4) is 11.5 Å². The van der Waals surface area contributed by atoms with E-state index in [0.717, 1.165) is 24.1 Å². The van der Waals surface area contributed by atoms with Gasteiger partial charge in [0.25, 0.3) is 5.91 Å². The fourth-order valence-electron chi connectivity index (χ4n) is 3.36. The zero-order valence-corrected chi connectivity index (χ0v) is 14.7. The van der Waals surface area contributed by atoms with E-state index in [4.69, 9.17) is 15.2 Å². The lowest BCUT2D eigenvalue weighted by atomic mass is 9.89. The Morgan fingerprint density at radius 2 is 1.64 bits per heavy atom. The molecular weight excluding hydrogens is 316 g/mol. The number of amides is 1. The lowest BCUT2D eigenvalue weighted by Crippen LogP contribution is -2.32. The van der Waals surface area contributed by atoms with Crippen molar-refractivity contribution in [2.24, 2.45) is 5.73 Å². The van der Waals surface area contributed by atoms with Crippen molar-refractivity contribution in [2.75, 3.05) is 19.5 Å². The number of nitrogens with two attached hydrogens (primary N) is 1. The second-order valence-corrected chi connectivity index (χ2v) is 6.46. The van der Waals surface area contributed by atoms with Gasteiger partial charge >= 0.3 is 0 Å². The molecule has 5 heteroatoms. The zero-order chi connectivity index (χ0) is 17.9. The van der Waals surface area contributed by atoms with Gasteiger partial charge in [-0.15, -0.1) is 0 Å². The number of ether oxygens (including phenoxy) is 2. The summed E-state index contributed by atoms with van der Waals surface area (Å²) in [4.78, 5) is 12.5. The minimum absolute atomic E-state index is 0.197. The van der Waals surface area contributed by atoms with Crippen LogP contribution in [0.2, 0.25) is 0 Å². The van der Waals surface area contributed by atoms with Crippen LogP contribution < -0.4 is 20.5 Å². The minimum Gasteiger partial charge on any atom is -0.493 e. The predicted octanol–water partition coefficient (Wildman–Crippen LogP) is 3.68. The van der Waals surface area contributed by atoms with Crippen LogP contribution in [-0.2, 0) is 5.54 Å². The first-order valence-electron chi connectivity index (χ1n) is 8.48. The van der Waals surface area contributed by atoms with E-state index in [1.165, 1.54) is 12.8 Å². The Morgan fingerprint density at radius 1 is 1.00 bits per heavy atom. The highest BCUT2D eigenvalue weighted by Crippen LogP contribution is 2.36. The molecule has 1 aliphatic rings. The first-order chi connectivity index (χ1) is 12.1. The number of methoxy groups -OCH3 is 2. The van der Waals surface area contributed by atoms with Crippen molar-refractivity contribution < 1.29 is 14.3 Å². The molecule has 1 amide bonds. The number of benzene rings is 2. The van der Waals surface area contributed by atoms with Gasteiger partial charge in [-0.2, -0.15) is 0 Å². The average Bonchev–Trinajstić information content (AvgIpc) is 3.09. The number of nitrogens with one attached hydrogen (secondary N) is 1. The van der Waals surface area contributed by atoms with Crippen LogP contribution in [0.15, 0.2) is 42.5 Å². The van der Waals surface area contributed by atoms with Crippen LogP contribution in [0.25, 0.3) is 0 Å². The van der Waals surface area contributed by atoms with Gasteiger partial charge in [0.05, 0.1) is 14.2 Å². The molecule has 0 aliphatic heterocycles. The normalized spacial score (nSPS) is 15.6. The van der Waals surface area contributed by atoms with E-state index in [1.807, 2.05) is 24.3 Å². The quantitative estimate of drug-likeness (QED) is 0.871. The fourth-order valence-corrected chi connectivity index (χ4v) is 3.36. The van der Waals surface area contributed by atoms with Crippen LogP contribution in [0.1, 0.15) is 41.6 Å². The molecule has 0 saturated heterocycles. The minimum atomic E-state index is -0.216. The number of hydrogen-bond donors (Lipinski definition) is 2. The molecule has 0 atom stereocenters. The largest absolute Gasteiger partial charge is 0.493 e. The standard InChI is InChI=1S/C20H24N2O3/c1-24-17-10-5-14(13-18(17)25-2)19(23)22-16-8-6-15(7-9-16)20(21)11-3-4-12-20/h5-10,13H,3-4,11-12,21H2,1-2H3,(H,22,23). The van der Waals surface area contributed by atoms with Crippen molar-refractivity contribution in [1.82, 2.24) is 0 Å². The van der Waals surface area contributed by atoms with E-state index in [-0.39, 0.29) is 11.4 Å². The van der Waals surface area contributed by atoms with E-state index in [2.05, 4.69) is 5.32 Å². The second-order valence-electron chi connectivity index (χ2n) is 6.46. The summed E-state index contributed by atoms with van der Waals surface area (Å²) in [5, 5.41) is 2.90. The highest BCUT2D eigenvalue weighted by Gasteiger charge is 2.30. The molecule has 1 fully saturated rings. The van der Waals surface area contributed by atoms with Gasteiger partial charge in [0.15, 0.2) is 11.5 Å². The van der Waals surface area contributed by atoms with Crippen molar-refractivity contribution in [3.05, 3.63) is 53.6 Å². The molecule has 3 N–H and O–H groups in total. The highest BCUT2D eigenvalue weighted by atomic mass is 16.5. The Balaban J connectivity index is 1.73. The van der Waals surface area contributed by atoms with Crippen LogP contribution in [-0.4, -0.2) is 20.1 Å². The monoisotopic (exact) mass is 340 g/mol. The van der Waals surface area contributed by atoms with Crippen molar-refractivity contribution in [1.29, 1.82) is 0 Å². The van der Waals surface area contributed by atoms with Gasteiger partial charge in [-0.25, -0.2) is 0 Å². The molecule has 2 aromatic carbocycles. The second kappa shape index (κ2) is 7.15. The average molecular weight is 340 g/mol. The molecule has 132 valence electrons. The number of anilines is 1. The zero-order valence-electron chi connectivity index (χ0n) is 14.7. The first kappa shape index (κ1) is 17.3. The number of carbonyl (C=O) groups excluding carboxylic acids is 1. The van der Waals surface area contributed by atoms with Gasteiger partial charge in [0.1, 0.15) is 0 Å². The molecule has 1 saturated carbocycles. The summed E-state index contributed by atoms with van der Waals surface area (Å²) in [6, 6.07) is 12.9. The van der Waals surface area contributed by atoms with Crippen LogP contribution in [0.3, 0.4) is 0 Å². The van der Waals surface area contributed by atoms with Gasteiger partial charge in [0, 0.05) is 16.8 Å². The Bertz CT molecular complexity index is 750. The van der Waals surface area contributed by atoms with Crippen LogP contribution in [0.4, 0.5) is 5.69 Å². The third-order valence-corrected chi connectivity index (χ3v) is 4.86. The third-order valence-electron chi connectivity index (χ3n) is 4.86. The summed E-state index contributed by atoms with van der Waals surface area (Å²) < 4.78 is 10.4. The molecule has 1 aliphatic carbocycles. The molecule has 0 heterocycles. The molecule has 0 bridgehead atoms. The number of carbonyl (C=O) groups is 1.